The first kappa shape index (κ1) is 14.0. The second-order valence-corrected chi connectivity index (χ2v) is 6.42. The lowest BCUT2D eigenvalue weighted by atomic mass is 10.1. The van der Waals surface area contributed by atoms with Gasteiger partial charge < -0.3 is 0 Å². The van der Waals surface area contributed by atoms with Crippen LogP contribution in [-0.4, -0.2) is 27.8 Å². The van der Waals surface area contributed by atoms with Crippen LogP contribution in [0.15, 0.2) is 36.5 Å². The fraction of sp³-hybridized carbons (Fsp3) is 0.471. The van der Waals surface area contributed by atoms with Gasteiger partial charge in [0.2, 0.25) is 0 Å². The van der Waals surface area contributed by atoms with E-state index in [4.69, 9.17) is 0 Å². The Kier molecular flexibility index (Phi) is 4.69. The van der Waals surface area contributed by atoms with Crippen LogP contribution < -0.4 is 0 Å². The molecule has 1 heterocycles. The highest BCUT2D eigenvalue weighted by molar-refractivity contribution is 9.09. The van der Waals surface area contributed by atoms with E-state index in [9.17, 15) is 0 Å². The second-order valence-electron chi connectivity index (χ2n) is 5.63. The number of aromatic nitrogens is 1. The summed E-state index contributed by atoms with van der Waals surface area (Å²) < 4.78 is 0. The largest absolute Gasteiger partial charge is 0.295 e. The van der Waals surface area contributed by atoms with Crippen LogP contribution >= 0.6 is 15.9 Å². The molecule has 0 radical (unpaired) electrons. The third-order valence-electron chi connectivity index (χ3n) is 4.27. The fourth-order valence-electron chi connectivity index (χ4n) is 3.23. The van der Waals surface area contributed by atoms with Crippen LogP contribution in [0.4, 0.5) is 0 Å². The van der Waals surface area contributed by atoms with Crippen molar-refractivity contribution in [2.24, 2.45) is 0 Å². The van der Waals surface area contributed by atoms with Gasteiger partial charge in [-0.15, -0.1) is 0 Å². The van der Waals surface area contributed by atoms with Crippen molar-refractivity contribution in [3.8, 4) is 0 Å². The number of alkyl halides is 1. The molecule has 0 N–H and O–H groups in total. The zero-order valence-corrected chi connectivity index (χ0v) is 13.3. The number of pyridine rings is 1. The van der Waals surface area contributed by atoms with E-state index in [-0.39, 0.29) is 0 Å². The number of benzene rings is 1. The molecule has 2 nitrogen and oxygen atoms in total. The molecular formula is C17H21BrN2. The van der Waals surface area contributed by atoms with E-state index in [0.29, 0.717) is 0 Å². The van der Waals surface area contributed by atoms with Crippen LogP contribution in [0, 0.1) is 0 Å². The molecule has 0 amide bonds. The second kappa shape index (κ2) is 6.68. The monoisotopic (exact) mass is 332 g/mol. The molecule has 0 bridgehead atoms. The number of halogens is 1. The summed E-state index contributed by atoms with van der Waals surface area (Å²) in [7, 11) is 0. The normalized spacial score (nSPS) is 16.3. The Labute approximate surface area is 129 Å². The van der Waals surface area contributed by atoms with Gasteiger partial charge in [-0.25, -0.2) is 0 Å². The van der Waals surface area contributed by atoms with E-state index in [1.807, 2.05) is 12.3 Å². The van der Waals surface area contributed by atoms with Gasteiger partial charge in [-0.3, -0.25) is 9.88 Å². The van der Waals surface area contributed by atoms with E-state index in [1.165, 1.54) is 36.6 Å². The van der Waals surface area contributed by atoms with Gasteiger partial charge in [-0.1, -0.05) is 40.9 Å². The van der Waals surface area contributed by atoms with Gasteiger partial charge in [-0.05, 0) is 36.6 Å². The smallest absolute Gasteiger partial charge is 0.0702 e. The van der Waals surface area contributed by atoms with E-state index < -0.39 is 0 Å². The maximum absolute atomic E-state index is 4.39. The minimum atomic E-state index is 0.775. The van der Waals surface area contributed by atoms with Crippen molar-refractivity contribution >= 4 is 26.8 Å². The van der Waals surface area contributed by atoms with E-state index in [0.717, 1.165) is 30.0 Å². The lowest BCUT2D eigenvalue weighted by molar-refractivity contribution is 0.203. The Morgan fingerprint density at radius 1 is 1.20 bits per heavy atom. The number of hydrogen-bond donors (Lipinski definition) is 0. The van der Waals surface area contributed by atoms with Crippen molar-refractivity contribution < 1.29 is 0 Å². The van der Waals surface area contributed by atoms with Gasteiger partial charge in [0.15, 0.2) is 0 Å². The first-order chi connectivity index (χ1) is 9.86. The molecule has 1 aliphatic rings. The standard InChI is InChI=1S/C17H21BrN2/c18-9-11-20(16-5-1-2-6-16)13-14-7-8-17-15(12-14)4-3-10-19-17/h3-4,7-8,10,12,16H,1-2,5-6,9,11,13H2. The van der Waals surface area contributed by atoms with Gasteiger partial charge in [-0.2, -0.15) is 0 Å². The summed E-state index contributed by atoms with van der Waals surface area (Å²) in [5, 5.41) is 2.30. The Morgan fingerprint density at radius 3 is 2.85 bits per heavy atom. The molecule has 1 saturated carbocycles. The summed E-state index contributed by atoms with van der Waals surface area (Å²) in [4.78, 5) is 7.03. The Bertz CT molecular complexity index is 564. The molecule has 0 aliphatic heterocycles. The van der Waals surface area contributed by atoms with Crippen LogP contribution in [-0.2, 0) is 6.54 Å². The molecule has 0 atom stereocenters. The van der Waals surface area contributed by atoms with Crippen molar-refractivity contribution in [2.45, 2.75) is 38.3 Å². The summed E-state index contributed by atoms with van der Waals surface area (Å²) in [6.07, 6.45) is 7.37. The molecule has 1 aromatic carbocycles. The van der Waals surface area contributed by atoms with Gasteiger partial charge in [0, 0.05) is 36.0 Å². The molecule has 1 fully saturated rings. The molecule has 0 unspecified atom stereocenters. The molecule has 1 aromatic heterocycles. The minimum absolute atomic E-state index is 0.775. The number of hydrogen-bond acceptors (Lipinski definition) is 2. The average molecular weight is 333 g/mol. The number of fused-ring (bicyclic) bond motifs is 1. The van der Waals surface area contributed by atoms with Crippen molar-refractivity contribution in [1.82, 2.24) is 9.88 Å². The summed E-state index contributed by atoms with van der Waals surface area (Å²) >= 11 is 3.60. The molecule has 106 valence electrons. The molecule has 20 heavy (non-hydrogen) atoms. The van der Waals surface area contributed by atoms with Crippen LogP contribution in [0.5, 0.6) is 0 Å². The molecule has 3 heteroatoms. The maximum Gasteiger partial charge on any atom is 0.0702 e. The average Bonchev–Trinajstić information content (AvgIpc) is 3.01. The van der Waals surface area contributed by atoms with E-state index in [1.54, 1.807) is 0 Å². The number of nitrogens with zero attached hydrogens (tertiary/aromatic N) is 2. The third-order valence-corrected chi connectivity index (χ3v) is 4.62. The van der Waals surface area contributed by atoms with Gasteiger partial charge in [0.05, 0.1) is 5.52 Å². The van der Waals surface area contributed by atoms with Crippen molar-refractivity contribution in [2.75, 3.05) is 11.9 Å². The van der Waals surface area contributed by atoms with Gasteiger partial charge in [0.25, 0.3) is 0 Å². The lowest BCUT2D eigenvalue weighted by Crippen LogP contribution is -2.34. The molecule has 1 aliphatic carbocycles. The lowest BCUT2D eigenvalue weighted by Gasteiger charge is -2.28. The predicted molar refractivity (Wildman–Crippen MR) is 88.2 cm³/mol. The highest BCUT2D eigenvalue weighted by Gasteiger charge is 2.22. The van der Waals surface area contributed by atoms with Crippen LogP contribution in [0.3, 0.4) is 0 Å². The Hall–Kier alpha value is -0.930. The minimum Gasteiger partial charge on any atom is -0.295 e. The topological polar surface area (TPSA) is 16.1 Å². The molecule has 3 rings (SSSR count). The maximum atomic E-state index is 4.39. The predicted octanol–water partition coefficient (Wildman–Crippen LogP) is 4.37. The summed E-state index contributed by atoms with van der Waals surface area (Å²) in [5.74, 6) is 0. The molecule has 2 aromatic rings. The van der Waals surface area contributed by atoms with Gasteiger partial charge in [0.1, 0.15) is 0 Å². The van der Waals surface area contributed by atoms with Crippen LogP contribution in [0.25, 0.3) is 10.9 Å². The quantitative estimate of drug-likeness (QED) is 0.755. The fourth-order valence-corrected chi connectivity index (χ4v) is 3.68. The molecule has 0 spiro atoms. The molecular weight excluding hydrogens is 312 g/mol. The zero-order chi connectivity index (χ0) is 13.8. The molecule has 0 saturated heterocycles. The van der Waals surface area contributed by atoms with Crippen LogP contribution in [0.2, 0.25) is 0 Å². The first-order valence-corrected chi connectivity index (χ1v) is 8.62. The third kappa shape index (κ3) is 3.21. The Balaban J connectivity index is 1.78. The number of rotatable bonds is 5. The van der Waals surface area contributed by atoms with Crippen LogP contribution in [0.1, 0.15) is 31.2 Å². The van der Waals surface area contributed by atoms with E-state index in [2.05, 4.69) is 50.1 Å². The highest BCUT2D eigenvalue weighted by atomic mass is 79.9. The highest BCUT2D eigenvalue weighted by Crippen LogP contribution is 2.25. The zero-order valence-electron chi connectivity index (χ0n) is 11.8. The first-order valence-electron chi connectivity index (χ1n) is 7.50. The SMILES string of the molecule is BrCCN(Cc1ccc2ncccc2c1)C1CCCC1. The summed E-state index contributed by atoms with van der Waals surface area (Å²) in [5.41, 5.74) is 2.49. The van der Waals surface area contributed by atoms with Crippen molar-refractivity contribution in [3.63, 3.8) is 0 Å². The van der Waals surface area contributed by atoms with Crippen molar-refractivity contribution in [1.29, 1.82) is 0 Å². The summed E-state index contributed by atoms with van der Waals surface area (Å²) in [6, 6.07) is 11.6. The Morgan fingerprint density at radius 2 is 2.05 bits per heavy atom. The summed E-state index contributed by atoms with van der Waals surface area (Å²) in [6.45, 7) is 2.19. The van der Waals surface area contributed by atoms with Crippen molar-refractivity contribution in [3.05, 3.63) is 42.1 Å². The van der Waals surface area contributed by atoms with E-state index >= 15 is 0 Å². The van der Waals surface area contributed by atoms with Gasteiger partial charge >= 0.3 is 0 Å².